The van der Waals surface area contributed by atoms with E-state index in [4.69, 9.17) is 17.4 Å². The fraction of sp³-hybridized carbons (Fsp3) is 0.0476. The molecule has 0 unspecified atom stereocenters. The predicted molar refractivity (Wildman–Crippen MR) is 112 cm³/mol. The number of hydrogen-bond donors (Lipinski definition) is 1. The van der Waals surface area contributed by atoms with Crippen LogP contribution >= 0.6 is 23.4 Å². The van der Waals surface area contributed by atoms with E-state index >= 15 is 0 Å². The number of nitrogen functional groups attached to an aromatic ring is 1. The summed E-state index contributed by atoms with van der Waals surface area (Å²) in [6, 6.07) is 26.3. The van der Waals surface area contributed by atoms with E-state index < -0.39 is 0 Å². The number of benzene rings is 3. The summed E-state index contributed by atoms with van der Waals surface area (Å²) in [4.78, 5) is 0. The molecule has 0 radical (unpaired) electrons. The molecule has 4 aromatic rings. The Morgan fingerprint density at radius 1 is 0.815 bits per heavy atom. The van der Waals surface area contributed by atoms with Crippen molar-refractivity contribution in [1.29, 1.82) is 0 Å². The zero-order chi connectivity index (χ0) is 18.6. The van der Waals surface area contributed by atoms with Crippen molar-refractivity contribution in [3.05, 3.63) is 89.4 Å². The highest BCUT2D eigenvalue weighted by Crippen LogP contribution is 2.27. The van der Waals surface area contributed by atoms with E-state index in [0.29, 0.717) is 16.0 Å². The molecule has 4 rings (SSSR count). The third-order valence-electron chi connectivity index (χ3n) is 4.18. The van der Waals surface area contributed by atoms with Crippen LogP contribution in [-0.4, -0.2) is 14.9 Å². The van der Waals surface area contributed by atoms with Gasteiger partial charge < -0.3 is 5.84 Å². The highest BCUT2D eigenvalue weighted by Gasteiger charge is 2.12. The van der Waals surface area contributed by atoms with Gasteiger partial charge >= 0.3 is 0 Å². The predicted octanol–water partition coefficient (Wildman–Crippen LogP) is 5.27. The van der Waals surface area contributed by atoms with Crippen molar-refractivity contribution in [1.82, 2.24) is 14.9 Å². The lowest BCUT2D eigenvalue weighted by molar-refractivity contribution is 0.849. The van der Waals surface area contributed by atoms with Crippen LogP contribution in [0.1, 0.15) is 5.56 Å². The van der Waals surface area contributed by atoms with Gasteiger partial charge in [0.1, 0.15) is 0 Å². The quantitative estimate of drug-likeness (QED) is 0.371. The lowest BCUT2D eigenvalue weighted by Gasteiger charge is -2.06. The molecule has 0 spiro atoms. The van der Waals surface area contributed by atoms with E-state index in [2.05, 4.69) is 46.6 Å². The molecule has 0 atom stereocenters. The average molecular weight is 393 g/mol. The van der Waals surface area contributed by atoms with Crippen molar-refractivity contribution in [3.8, 4) is 22.5 Å². The highest BCUT2D eigenvalue weighted by atomic mass is 35.5. The molecule has 0 saturated heterocycles. The largest absolute Gasteiger partial charge is 0.335 e. The minimum absolute atomic E-state index is 0.597. The van der Waals surface area contributed by atoms with Gasteiger partial charge in [0.2, 0.25) is 5.16 Å². The van der Waals surface area contributed by atoms with Gasteiger partial charge in [0.25, 0.3) is 0 Å². The summed E-state index contributed by atoms with van der Waals surface area (Å²) in [5.41, 5.74) is 4.46. The van der Waals surface area contributed by atoms with Gasteiger partial charge in [0.05, 0.1) is 0 Å². The SMILES string of the molecule is Nn1c(SCc2ccc(-c3ccccc3)cc2)nnc1-c1cccc(Cl)c1. The van der Waals surface area contributed by atoms with Crippen molar-refractivity contribution < 1.29 is 0 Å². The van der Waals surface area contributed by atoms with Gasteiger partial charge in [-0.05, 0) is 28.8 Å². The molecule has 1 heterocycles. The lowest BCUT2D eigenvalue weighted by atomic mass is 10.0. The summed E-state index contributed by atoms with van der Waals surface area (Å²) in [5.74, 6) is 7.54. The molecular weight excluding hydrogens is 376 g/mol. The Morgan fingerprint density at radius 2 is 1.52 bits per heavy atom. The Morgan fingerprint density at radius 3 is 2.26 bits per heavy atom. The number of aromatic nitrogens is 3. The molecule has 1 aromatic heterocycles. The van der Waals surface area contributed by atoms with Gasteiger partial charge in [0.15, 0.2) is 5.82 Å². The molecule has 2 N–H and O–H groups in total. The van der Waals surface area contributed by atoms with Crippen LogP contribution in [0.25, 0.3) is 22.5 Å². The molecule has 134 valence electrons. The lowest BCUT2D eigenvalue weighted by Crippen LogP contribution is -2.11. The maximum Gasteiger partial charge on any atom is 0.210 e. The minimum atomic E-state index is 0.597. The van der Waals surface area contributed by atoms with Crippen LogP contribution in [0, 0.1) is 0 Å². The smallest absolute Gasteiger partial charge is 0.210 e. The summed E-state index contributed by atoms with van der Waals surface area (Å²) < 4.78 is 1.51. The number of nitrogens with zero attached hydrogens (tertiary/aromatic N) is 3. The van der Waals surface area contributed by atoms with Gasteiger partial charge in [0, 0.05) is 16.3 Å². The molecule has 0 bridgehead atoms. The first kappa shape index (κ1) is 17.6. The summed E-state index contributed by atoms with van der Waals surface area (Å²) in [7, 11) is 0. The standard InChI is InChI=1S/C21H17ClN4S/c22-19-8-4-7-18(13-19)20-24-25-21(26(20)23)27-14-15-9-11-17(12-10-15)16-5-2-1-3-6-16/h1-13H,14,23H2. The van der Waals surface area contributed by atoms with Crippen LogP contribution in [-0.2, 0) is 5.75 Å². The van der Waals surface area contributed by atoms with Crippen molar-refractivity contribution in [2.24, 2.45) is 0 Å². The molecule has 0 aliphatic heterocycles. The van der Waals surface area contributed by atoms with Crippen LogP contribution < -0.4 is 5.84 Å². The second kappa shape index (κ2) is 7.86. The Balaban J connectivity index is 1.46. The molecule has 0 amide bonds. The normalized spacial score (nSPS) is 10.9. The molecule has 0 aliphatic rings. The first-order chi connectivity index (χ1) is 13.2. The Kier molecular flexibility index (Phi) is 5.14. The number of rotatable bonds is 5. The number of thioether (sulfide) groups is 1. The van der Waals surface area contributed by atoms with E-state index in [9.17, 15) is 0 Å². The molecule has 4 nitrogen and oxygen atoms in total. The van der Waals surface area contributed by atoms with E-state index in [1.165, 1.54) is 21.4 Å². The van der Waals surface area contributed by atoms with Crippen molar-refractivity contribution >= 4 is 23.4 Å². The number of halogens is 1. The molecular formula is C21H17ClN4S. The fourth-order valence-corrected chi connectivity index (χ4v) is 3.77. The van der Waals surface area contributed by atoms with Crippen LogP contribution in [0.3, 0.4) is 0 Å². The van der Waals surface area contributed by atoms with Crippen molar-refractivity contribution in [2.75, 3.05) is 5.84 Å². The Bertz CT molecular complexity index is 1050. The molecule has 27 heavy (non-hydrogen) atoms. The second-order valence-electron chi connectivity index (χ2n) is 6.04. The fourth-order valence-electron chi connectivity index (χ4n) is 2.77. The van der Waals surface area contributed by atoms with Gasteiger partial charge in [-0.3, -0.25) is 0 Å². The maximum atomic E-state index is 6.18. The second-order valence-corrected chi connectivity index (χ2v) is 7.42. The topological polar surface area (TPSA) is 56.7 Å². The van der Waals surface area contributed by atoms with E-state index in [1.54, 1.807) is 11.8 Å². The third-order valence-corrected chi connectivity index (χ3v) is 5.43. The van der Waals surface area contributed by atoms with Gasteiger partial charge in [-0.15, -0.1) is 10.2 Å². The van der Waals surface area contributed by atoms with Crippen molar-refractivity contribution in [2.45, 2.75) is 10.9 Å². The van der Waals surface area contributed by atoms with Crippen molar-refractivity contribution in [3.63, 3.8) is 0 Å². The molecule has 0 saturated carbocycles. The van der Waals surface area contributed by atoms with E-state index in [-0.39, 0.29) is 0 Å². The molecule has 6 heteroatoms. The van der Waals surface area contributed by atoms with E-state index in [0.717, 1.165) is 11.3 Å². The van der Waals surface area contributed by atoms with Crippen LogP contribution in [0.2, 0.25) is 5.02 Å². The van der Waals surface area contributed by atoms with Crippen LogP contribution in [0.5, 0.6) is 0 Å². The minimum Gasteiger partial charge on any atom is -0.335 e. The monoisotopic (exact) mass is 392 g/mol. The maximum absolute atomic E-state index is 6.18. The first-order valence-electron chi connectivity index (χ1n) is 8.44. The molecule has 0 fully saturated rings. The van der Waals surface area contributed by atoms with Gasteiger partial charge in [-0.25, -0.2) is 4.68 Å². The number of nitrogens with two attached hydrogens (primary N) is 1. The summed E-state index contributed by atoms with van der Waals surface area (Å²) >= 11 is 7.60. The summed E-state index contributed by atoms with van der Waals surface area (Å²) in [6.07, 6.45) is 0. The Labute approximate surface area is 167 Å². The Hall–Kier alpha value is -2.76. The first-order valence-corrected chi connectivity index (χ1v) is 9.80. The van der Waals surface area contributed by atoms with Crippen LogP contribution in [0.15, 0.2) is 84.0 Å². The summed E-state index contributed by atoms with van der Waals surface area (Å²) in [5, 5.41) is 9.72. The molecule has 0 aliphatic carbocycles. The third kappa shape index (κ3) is 3.99. The average Bonchev–Trinajstić information content (AvgIpc) is 3.08. The summed E-state index contributed by atoms with van der Waals surface area (Å²) in [6.45, 7) is 0. The zero-order valence-electron chi connectivity index (χ0n) is 14.4. The van der Waals surface area contributed by atoms with Gasteiger partial charge in [-0.2, -0.15) is 0 Å². The highest BCUT2D eigenvalue weighted by molar-refractivity contribution is 7.98. The van der Waals surface area contributed by atoms with Crippen LogP contribution in [0.4, 0.5) is 0 Å². The number of hydrogen-bond acceptors (Lipinski definition) is 4. The zero-order valence-corrected chi connectivity index (χ0v) is 16.0. The van der Waals surface area contributed by atoms with E-state index in [1.807, 2.05) is 42.5 Å². The van der Waals surface area contributed by atoms with Gasteiger partial charge in [-0.1, -0.05) is 90.1 Å². The molecule has 3 aromatic carbocycles.